The van der Waals surface area contributed by atoms with Gasteiger partial charge in [0, 0.05) is 32.1 Å². The Hall–Kier alpha value is -3.13. The number of alkyl halides is 3. The smallest absolute Gasteiger partial charge is 0.369 e. The summed E-state index contributed by atoms with van der Waals surface area (Å²) in [4.78, 5) is 22.2. The first-order valence-corrected chi connectivity index (χ1v) is 13.1. The molecule has 1 saturated heterocycles. The number of pyridine rings is 1. The summed E-state index contributed by atoms with van der Waals surface area (Å²) in [6, 6.07) is 6.02. The van der Waals surface area contributed by atoms with Gasteiger partial charge in [-0.05, 0) is 49.7 Å². The van der Waals surface area contributed by atoms with Gasteiger partial charge in [0.05, 0.1) is 12.6 Å². The monoisotopic (exact) mass is 559 g/mol. The van der Waals surface area contributed by atoms with Crippen LogP contribution in [0.2, 0.25) is 0 Å². The number of carbonyl (C=O) groups is 1. The highest BCUT2D eigenvalue weighted by molar-refractivity contribution is 7.91. The van der Waals surface area contributed by atoms with Crippen molar-refractivity contribution in [2.24, 2.45) is 10.7 Å². The summed E-state index contributed by atoms with van der Waals surface area (Å²) < 4.78 is 93.7. The number of halogens is 5. The van der Waals surface area contributed by atoms with Crippen LogP contribution in [-0.4, -0.2) is 72.0 Å². The van der Waals surface area contributed by atoms with E-state index in [9.17, 15) is 30.8 Å². The third-order valence-electron chi connectivity index (χ3n) is 7.36. The van der Waals surface area contributed by atoms with E-state index in [1.165, 1.54) is 37.1 Å². The lowest BCUT2D eigenvalue weighted by atomic mass is 9.77. The number of nitrogens with two attached hydrogens (primary N) is 1. The van der Waals surface area contributed by atoms with Crippen LogP contribution in [0, 0.1) is 11.6 Å². The number of hydrogen-bond acceptors (Lipinski definition) is 7. The Kier molecular flexibility index (Phi) is 7.02. The largest absolute Gasteiger partial charge is 0.390 e. The zero-order valence-electron chi connectivity index (χ0n) is 20.6. The average molecular weight is 560 g/mol. The number of aromatic nitrogens is 1. The minimum absolute atomic E-state index is 0.0137. The maximum Gasteiger partial charge on any atom is 0.390 e. The first kappa shape index (κ1) is 27.9. The molecule has 0 bridgehead atoms. The summed E-state index contributed by atoms with van der Waals surface area (Å²) in [5, 5.41) is 0. The van der Waals surface area contributed by atoms with E-state index in [4.69, 9.17) is 5.73 Å². The summed E-state index contributed by atoms with van der Waals surface area (Å²) >= 11 is 0. The van der Waals surface area contributed by atoms with E-state index in [-0.39, 0.29) is 37.2 Å². The molecule has 38 heavy (non-hydrogen) atoms. The van der Waals surface area contributed by atoms with Crippen LogP contribution in [0.5, 0.6) is 0 Å². The first-order chi connectivity index (χ1) is 17.6. The van der Waals surface area contributed by atoms with Crippen molar-refractivity contribution in [2.45, 2.75) is 42.6 Å². The number of Topliss-reactive ketones (excluding diaryl/α,β-unsaturated/α-hetero) is 1. The second kappa shape index (κ2) is 9.56. The summed E-state index contributed by atoms with van der Waals surface area (Å²) in [7, 11) is -3.13. The molecule has 206 valence electrons. The molecule has 2 aliphatic heterocycles. The molecule has 2 aromatic rings. The molecule has 14 heteroatoms. The lowest BCUT2D eigenvalue weighted by molar-refractivity contribution is -0.137. The fourth-order valence-electron chi connectivity index (χ4n) is 5.16. The summed E-state index contributed by atoms with van der Waals surface area (Å²) in [6.07, 6.45) is -5.05. The van der Waals surface area contributed by atoms with Crippen molar-refractivity contribution in [3.05, 3.63) is 65.0 Å². The zero-order chi connectivity index (χ0) is 28.1. The molecule has 0 unspecified atom stereocenters. The number of sulfonamides is 1. The molecule has 4 rings (SSSR count). The van der Waals surface area contributed by atoms with Crippen LogP contribution in [-0.2, 0) is 22.0 Å². The highest BCUT2D eigenvalue weighted by atomic mass is 32.2. The quantitative estimate of drug-likeness (QED) is 0.431. The lowest BCUT2D eigenvalue weighted by Crippen LogP contribution is -2.66. The fourth-order valence-corrected chi connectivity index (χ4v) is 7.32. The minimum atomic E-state index is -4.43. The Balaban J connectivity index is 1.76. The van der Waals surface area contributed by atoms with Crippen molar-refractivity contribution < 1.29 is 35.2 Å². The van der Waals surface area contributed by atoms with E-state index >= 15 is 4.39 Å². The summed E-state index contributed by atoms with van der Waals surface area (Å²) in [6.45, 7) is 0.653. The standard InChI is InChI=1S/C24H26F5N5O3S/c1-22(17-11-15(3-5-18(17)26)12-20(35)19-6-4-16(25)13-31-19)23(38(36,37)33(2)21(30)32-22)7-9-34(14-23)10-8-24(27,28)29/h3-6,11,13H,7-10,12,14H2,1-2H3,(H2,30,32)/t22-,23+/m1/s1. The Bertz CT molecular complexity index is 1380. The van der Waals surface area contributed by atoms with E-state index in [0.29, 0.717) is 5.56 Å². The van der Waals surface area contributed by atoms with Crippen molar-refractivity contribution in [3.63, 3.8) is 0 Å². The Labute approximate surface area is 216 Å². The van der Waals surface area contributed by atoms with Crippen LogP contribution < -0.4 is 5.73 Å². The van der Waals surface area contributed by atoms with E-state index in [1.54, 1.807) is 0 Å². The third kappa shape index (κ3) is 4.75. The van der Waals surface area contributed by atoms with Crippen LogP contribution in [0.4, 0.5) is 22.0 Å². The van der Waals surface area contributed by atoms with E-state index in [1.807, 2.05) is 0 Å². The molecule has 0 radical (unpaired) electrons. The highest BCUT2D eigenvalue weighted by Crippen LogP contribution is 2.51. The topological polar surface area (TPSA) is 109 Å². The van der Waals surface area contributed by atoms with Crippen molar-refractivity contribution in [1.82, 2.24) is 14.2 Å². The zero-order valence-corrected chi connectivity index (χ0v) is 21.4. The SMILES string of the molecule is CN1C(N)=N[C@](C)(c2cc(CC(=O)c3ccc(F)cn3)ccc2F)[C@@]2(CCN(CCC(F)(F)F)C2)S1(=O)=O. The summed E-state index contributed by atoms with van der Waals surface area (Å²) in [5.74, 6) is -2.32. The van der Waals surface area contributed by atoms with E-state index in [2.05, 4.69) is 9.98 Å². The molecular weight excluding hydrogens is 533 g/mol. The molecule has 1 aromatic carbocycles. The molecule has 0 amide bonds. The molecule has 0 saturated carbocycles. The highest BCUT2D eigenvalue weighted by Gasteiger charge is 2.66. The molecule has 1 fully saturated rings. The Morgan fingerprint density at radius 1 is 1.18 bits per heavy atom. The van der Waals surface area contributed by atoms with E-state index < -0.39 is 62.8 Å². The first-order valence-electron chi connectivity index (χ1n) is 11.7. The van der Waals surface area contributed by atoms with Crippen molar-refractivity contribution >= 4 is 21.8 Å². The van der Waals surface area contributed by atoms with Gasteiger partial charge in [0.15, 0.2) is 5.78 Å². The van der Waals surface area contributed by atoms with Crippen LogP contribution in [0.25, 0.3) is 0 Å². The van der Waals surface area contributed by atoms with Gasteiger partial charge in [-0.25, -0.2) is 26.5 Å². The van der Waals surface area contributed by atoms with Crippen molar-refractivity contribution in [2.75, 3.05) is 26.7 Å². The van der Waals surface area contributed by atoms with Gasteiger partial charge in [0.25, 0.3) is 0 Å². The van der Waals surface area contributed by atoms with Gasteiger partial charge >= 0.3 is 6.18 Å². The minimum Gasteiger partial charge on any atom is -0.369 e. The number of aliphatic imine (C=N–C) groups is 1. The Morgan fingerprint density at radius 2 is 1.89 bits per heavy atom. The van der Waals surface area contributed by atoms with Gasteiger partial charge in [0.1, 0.15) is 27.6 Å². The van der Waals surface area contributed by atoms with Crippen LogP contribution in [0.1, 0.15) is 41.4 Å². The normalized spacial score (nSPS) is 25.6. The number of ketones is 1. The van der Waals surface area contributed by atoms with Gasteiger partial charge < -0.3 is 10.6 Å². The van der Waals surface area contributed by atoms with Gasteiger partial charge in [-0.15, -0.1) is 0 Å². The van der Waals surface area contributed by atoms with Gasteiger partial charge in [-0.1, -0.05) is 6.07 Å². The second-order valence-corrected chi connectivity index (χ2v) is 12.0. The predicted octanol–water partition coefficient (Wildman–Crippen LogP) is 2.99. The molecule has 0 aliphatic carbocycles. The molecule has 3 heterocycles. The number of carbonyl (C=O) groups excluding carboxylic acids is 1. The van der Waals surface area contributed by atoms with Gasteiger partial charge in [-0.3, -0.25) is 9.78 Å². The average Bonchev–Trinajstić information content (AvgIpc) is 3.29. The number of guanidine groups is 1. The molecule has 8 nitrogen and oxygen atoms in total. The molecular formula is C24H26F5N5O3S. The third-order valence-corrected chi connectivity index (χ3v) is 9.98. The lowest BCUT2D eigenvalue weighted by Gasteiger charge is -2.48. The number of hydrogen-bond donors (Lipinski definition) is 1. The maximum absolute atomic E-state index is 15.4. The maximum atomic E-state index is 15.4. The van der Waals surface area contributed by atoms with Gasteiger partial charge in [-0.2, -0.15) is 13.2 Å². The van der Waals surface area contributed by atoms with Gasteiger partial charge in [0.2, 0.25) is 16.0 Å². The number of benzene rings is 1. The van der Waals surface area contributed by atoms with Crippen LogP contribution in [0.15, 0.2) is 41.5 Å². The Morgan fingerprint density at radius 3 is 2.53 bits per heavy atom. The second-order valence-electron chi connectivity index (χ2n) is 9.68. The predicted molar refractivity (Wildman–Crippen MR) is 129 cm³/mol. The summed E-state index contributed by atoms with van der Waals surface area (Å²) in [5.41, 5.74) is 4.25. The number of rotatable bonds is 6. The number of nitrogens with zero attached hydrogens (tertiary/aromatic N) is 4. The molecule has 2 aliphatic rings. The van der Waals surface area contributed by atoms with Crippen molar-refractivity contribution in [3.8, 4) is 0 Å². The number of likely N-dealkylation sites (tertiary alicyclic amines) is 1. The molecule has 2 N–H and O–H groups in total. The fraction of sp³-hybridized carbons (Fsp3) is 0.458. The van der Waals surface area contributed by atoms with E-state index in [0.717, 1.165) is 22.6 Å². The molecule has 2 atom stereocenters. The van der Waals surface area contributed by atoms with Crippen LogP contribution >= 0.6 is 0 Å². The van der Waals surface area contributed by atoms with Crippen molar-refractivity contribution in [1.29, 1.82) is 0 Å². The van der Waals surface area contributed by atoms with Crippen LogP contribution in [0.3, 0.4) is 0 Å². The molecule has 1 aromatic heterocycles. The molecule has 1 spiro atoms.